The average Bonchev–Trinajstić information content (AvgIpc) is 2.60. The van der Waals surface area contributed by atoms with Crippen molar-refractivity contribution < 1.29 is 9.47 Å². The SMILES string of the molecule is CCCc1cc(Sc2ccc(OC#N)c(CCC)c2)ccc1OC#N. The Morgan fingerprint density at radius 2 is 1.24 bits per heavy atom. The first-order valence-electron chi connectivity index (χ1n) is 8.27. The first-order valence-corrected chi connectivity index (χ1v) is 9.09. The highest BCUT2D eigenvalue weighted by atomic mass is 32.2. The molecule has 25 heavy (non-hydrogen) atoms. The van der Waals surface area contributed by atoms with E-state index in [1.807, 2.05) is 24.3 Å². The molecule has 0 saturated heterocycles. The van der Waals surface area contributed by atoms with Gasteiger partial charge in [0, 0.05) is 9.79 Å². The average molecular weight is 352 g/mol. The van der Waals surface area contributed by atoms with Gasteiger partial charge in [-0.2, -0.15) is 0 Å². The van der Waals surface area contributed by atoms with Gasteiger partial charge < -0.3 is 9.47 Å². The number of ether oxygens (including phenoxy) is 2. The molecule has 0 aliphatic carbocycles. The molecule has 4 nitrogen and oxygen atoms in total. The standard InChI is InChI=1S/C20H20N2O2S/c1-3-5-15-11-17(7-9-19(15)23-13-21)25-18-8-10-20(24-14-22)16(12-18)6-4-2/h7-12H,3-6H2,1-2H3. The summed E-state index contributed by atoms with van der Waals surface area (Å²) >= 11 is 1.64. The maximum Gasteiger partial charge on any atom is 0.292 e. The number of aryl methyl sites for hydroxylation is 2. The van der Waals surface area contributed by atoms with Gasteiger partial charge in [-0.15, -0.1) is 10.5 Å². The molecule has 2 aromatic carbocycles. The quantitative estimate of drug-likeness (QED) is 0.590. The second kappa shape index (κ2) is 9.61. The van der Waals surface area contributed by atoms with Crippen molar-refractivity contribution in [1.82, 2.24) is 0 Å². The molecule has 0 unspecified atom stereocenters. The van der Waals surface area contributed by atoms with Crippen LogP contribution in [0, 0.1) is 23.0 Å². The van der Waals surface area contributed by atoms with Crippen LogP contribution in [0.4, 0.5) is 0 Å². The van der Waals surface area contributed by atoms with Gasteiger partial charge in [-0.25, -0.2) is 0 Å². The molecule has 0 radical (unpaired) electrons. The van der Waals surface area contributed by atoms with Crippen molar-refractivity contribution in [2.45, 2.75) is 49.3 Å². The summed E-state index contributed by atoms with van der Waals surface area (Å²) in [6.45, 7) is 4.20. The molecule has 0 fully saturated rings. The third kappa shape index (κ3) is 5.17. The Morgan fingerprint density at radius 3 is 1.60 bits per heavy atom. The molecular weight excluding hydrogens is 332 g/mol. The van der Waals surface area contributed by atoms with Crippen LogP contribution in [0.2, 0.25) is 0 Å². The fraction of sp³-hybridized carbons (Fsp3) is 0.300. The van der Waals surface area contributed by atoms with Crippen molar-refractivity contribution in [2.24, 2.45) is 0 Å². The Balaban J connectivity index is 2.27. The van der Waals surface area contributed by atoms with Gasteiger partial charge in [0.2, 0.25) is 0 Å². The summed E-state index contributed by atoms with van der Waals surface area (Å²) in [7, 11) is 0. The minimum Gasteiger partial charge on any atom is -0.388 e. The zero-order chi connectivity index (χ0) is 18.1. The number of hydrogen-bond donors (Lipinski definition) is 0. The fourth-order valence-corrected chi connectivity index (χ4v) is 3.55. The Bertz CT molecular complexity index is 739. The predicted octanol–water partition coefficient (Wildman–Crippen LogP) is 5.46. The minimum absolute atomic E-state index is 0.623. The van der Waals surface area contributed by atoms with Crippen LogP contribution in [0.15, 0.2) is 46.2 Å². The van der Waals surface area contributed by atoms with E-state index in [1.165, 1.54) is 0 Å². The summed E-state index contributed by atoms with van der Waals surface area (Å²) < 4.78 is 10.1. The summed E-state index contributed by atoms with van der Waals surface area (Å²) in [5.74, 6) is 1.25. The molecule has 2 rings (SSSR count). The molecule has 0 aromatic heterocycles. The van der Waals surface area contributed by atoms with E-state index >= 15 is 0 Å². The van der Waals surface area contributed by atoms with E-state index in [9.17, 15) is 0 Å². The Hall–Kier alpha value is -2.63. The summed E-state index contributed by atoms with van der Waals surface area (Å²) in [5, 5.41) is 17.5. The second-order valence-electron chi connectivity index (χ2n) is 5.53. The van der Waals surface area contributed by atoms with Gasteiger partial charge in [0.05, 0.1) is 0 Å². The van der Waals surface area contributed by atoms with Crippen molar-refractivity contribution in [1.29, 1.82) is 10.5 Å². The van der Waals surface area contributed by atoms with Gasteiger partial charge in [0.1, 0.15) is 11.5 Å². The number of nitriles is 2. The summed E-state index contributed by atoms with van der Waals surface area (Å²) in [5.41, 5.74) is 2.07. The third-order valence-corrected chi connectivity index (χ3v) is 4.63. The van der Waals surface area contributed by atoms with Crippen LogP contribution < -0.4 is 9.47 Å². The highest BCUT2D eigenvalue weighted by Gasteiger charge is 2.09. The molecule has 5 heteroatoms. The largest absolute Gasteiger partial charge is 0.388 e. The smallest absolute Gasteiger partial charge is 0.292 e. The number of nitrogens with zero attached hydrogens (tertiary/aromatic N) is 2. The van der Waals surface area contributed by atoms with Gasteiger partial charge in [-0.3, -0.25) is 0 Å². The number of rotatable bonds is 8. The zero-order valence-electron chi connectivity index (χ0n) is 14.4. The van der Waals surface area contributed by atoms with Crippen LogP contribution in [0.25, 0.3) is 0 Å². The molecule has 0 atom stereocenters. The van der Waals surface area contributed by atoms with Crippen molar-refractivity contribution in [2.75, 3.05) is 0 Å². The van der Waals surface area contributed by atoms with Crippen molar-refractivity contribution in [3.63, 3.8) is 0 Å². The lowest BCUT2D eigenvalue weighted by Gasteiger charge is -2.10. The van der Waals surface area contributed by atoms with Crippen LogP contribution in [-0.4, -0.2) is 0 Å². The van der Waals surface area contributed by atoms with E-state index in [0.717, 1.165) is 46.6 Å². The molecule has 0 spiro atoms. The molecule has 0 saturated carbocycles. The van der Waals surface area contributed by atoms with Crippen LogP contribution in [0.1, 0.15) is 37.8 Å². The number of benzene rings is 2. The lowest BCUT2D eigenvalue weighted by molar-refractivity contribution is 0.498. The van der Waals surface area contributed by atoms with E-state index in [1.54, 1.807) is 24.3 Å². The van der Waals surface area contributed by atoms with E-state index in [-0.39, 0.29) is 0 Å². The van der Waals surface area contributed by atoms with Crippen LogP contribution >= 0.6 is 11.8 Å². The van der Waals surface area contributed by atoms with Crippen molar-refractivity contribution in [3.05, 3.63) is 47.5 Å². The Morgan fingerprint density at radius 1 is 0.800 bits per heavy atom. The molecule has 0 aliphatic heterocycles. The molecule has 128 valence electrons. The molecular formula is C20H20N2O2S. The van der Waals surface area contributed by atoms with Gasteiger partial charge in [-0.05, 0) is 60.4 Å². The fourth-order valence-electron chi connectivity index (χ4n) is 2.60. The third-order valence-electron chi connectivity index (χ3n) is 3.65. The first kappa shape index (κ1) is 18.7. The van der Waals surface area contributed by atoms with E-state index in [4.69, 9.17) is 20.0 Å². The zero-order valence-corrected chi connectivity index (χ0v) is 15.2. The van der Waals surface area contributed by atoms with E-state index < -0.39 is 0 Å². The lowest BCUT2D eigenvalue weighted by Crippen LogP contribution is -1.93. The Labute approximate surface area is 153 Å². The monoisotopic (exact) mass is 352 g/mol. The first-order chi connectivity index (χ1) is 12.2. The molecule has 0 N–H and O–H groups in total. The maximum atomic E-state index is 8.76. The molecule has 2 aromatic rings. The minimum atomic E-state index is 0.623. The highest BCUT2D eigenvalue weighted by molar-refractivity contribution is 7.99. The van der Waals surface area contributed by atoms with Crippen molar-refractivity contribution in [3.8, 4) is 24.0 Å². The molecule has 0 heterocycles. The van der Waals surface area contributed by atoms with Gasteiger partial charge in [-0.1, -0.05) is 38.5 Å². The second-order valence-corrected chi connectivity index (χ2v) is 6.67. The summed E-state index contributed by atoms with van der Waals surface area (Å²) in [6, 6.07) is 11.7. The Kier molecular flexibility index (Phi) is 7.19. The highest BCUT2D eigenvalue weighted by Crippen LogP contribution is 2.34. The molecule has 0 amide bonds. The van der Waals surface area contributed by atoms with Gasteiger partial charge in [0.25, 0.3) is 12.5 Å². The van der Waals surface area contributed by atoms with Crippen LogP contribution in [0.3, 0.4) is 0 Å². The molecule has 0 aliphatic rings. The van der Waals surface area contributed by atoms with E-state index in [0.29, 0.717) is 11.5 Å². The topological polar surface area (TPSA) is 66.0 Å². The van der Waals surface area contributed by atoms with Crippen LogP contribution in [-0.2, 0) is 12.8 Å². The van der Waals surface area contributed by atoms with Gasteiger partial charge >= 0.3 is 0 Å². The van der Waals surface area contributed by atoms with Crippen LogP contribution in [0.5, 0.6) is 11.5 Å². The normalized spacial score (nSPS) is 9.92. The van der Waals surface area contributed by atoms with Crippen molar-refractivity contribution >= 4 is 11.8 Å². The maximum absolute atomic E-state index is 8.76. The predicted molar refractivity (Wildman–Crippen MR) is 97.5 cm³/mol. The number of hydrogen-bond acceptors (Lipinski definition) is 5. The lowest BCUT2D eigenvalue weighted by atomic mass is 10.1. The van der Waals surface area contributed by atoms with E-state index in [2.05, 4.69) is 26.0 Å². The summed E-state index contributed by atoms with van der Waals surface area (Å²) in [6.07, 6.45) is 7.18. The summed E-state index contributed by atoms with van der Waals surface area (Å²) in [4.78, 5) is 2.18. The molecule has 0 bridgehead atoms. The van der Waals surface area contributed by atoms with Gasteiger partial charge in [0.15, 0.2) is 0 Å².